The standard InChI is InChI=1S/C30H23Cl2N5O3S2/c1-3-17-7-9-18(10-8-17)25-23(26(38)24-16(2)33-22-6-4-5-13-36(22)24)27(39)28(40)37(25)29-34-35-30(42-29)41-15-19-11-12-20(31)14-21(19)32/h4-14,25,38H,3,15H2,1-2H3/b26-23+. The molecule has 1 aliphatic rings. The Hall–Kier alpha value is -3.70. The number of thioether (sulfide) groups is 1. The number of aryl methyl sites for hydroxylation is 2. The molecule has 1 saturated heterocycles. The molecule has 1 unspecified atom stereocenters. The van der Waals surface area contributed by atoms with Crippen molar-refractivity contribution in [2.24, 2.45) is 0 Å². The van der Waals surface area contributed by atoms with Crippen molar-refractivity contribution in [1.29, 1.82) is 0 Å². The fourth-order valence-electron chi connectivity index (χ4n) is 4.94. The van der Waals surface area contributed by atoms with E-state index in [0.29, 0.717) is 42.7 Å². The maximum absolute atomic E-state index is 13.6. The highest BCUT2D eigenvalue weighted by Gasteiger charge is 2.48. The first-order valence-corrected chi connectivity index (χ1v) is 15.6. The summed E-state index contributed by atoms with van der Waals surface area (Å²) in [4.78, 5) is 33.1. The summed E-state index contributed by atoms with van der Waals surface area (Å²) in [7, 11) is 0. The number of nitrogens with zero attached hydrogens (tertiary/aromatic N) is 5. The van der Waals surface area contributed by atoms with Crippen molar-refractivity contribution in [1.82, 2.24) is 19.6 Å². The van der Waals surface area contributed by atoms with Crippen LogP contribution in [0.1, 0.15) is 41.0 Å². The lowest BCUT2D eigenvalue weighted by Gasteiger charge is -2.22. The summed E-state index contributed by atoms with van der Waals surface area (Å²) in [6.45, 7) is 3.80. The zero-order chi connectivity index (χ0) is 29.5. The van der Waals surface area contributed by atoms with Crippen LogP contribution in [0.25, 0.3) is 11.4 Å². The minimum Gasteiger partial charge on any atom is -0.505 e. The summed E-state index contributed by atoms with van der Waals surface area (Å²) < 4.78 is 2.30. The molecule has 4 heterocycles. The van der Waals surface area contributed by atoms with Crippen molar-refractivity contribution in [2.75, 3.05) is 4.90 Å². The summed E-state index contributed by atoms with van der Waals surface area (Å²) in [5, 5.41) is 21.6. The molecular weight excluding hydrogens is 613 g/mol. The fourth-order valence-corrected chi connectivity index (χ4v) is 7.37. The van der Waals surface area contributed by atoms with Crippen LogP contribution in [0, 0.1) is 6.92 Å². The number of imidazole rings is 1. The van der Waals surface area contributed by atoms with Gasteiger partial charge in [-0.05, 0) is 54.3 Å². The molecule has 8 nitrogen and oxygen atoms in total. The van der Waals surface area contributed by atoms with Crippen LogP contribution in [-0.4, -0.2) is 36.4 Å². The smallest absolute Gasteiger partial charge is 0.301 e. The number of pyridine rings is 1. The molecule has 1 aliphatic heterocycles. The van der Waals surface area contributed by atoms with Crippen molar-refractivity contribution in [3.8, 4) is 0 Å². The number of aliphatic hydroxyl groups is 1. The van der Waals surface area contributed by atoms with E-state index in [9.17, 15) is 14.7 Å². The Bertz CT molecular complexity index is 1880. The van der Waals surface area contributed by atoms with Gasteiger partial charge in [0.05, 0.1) is 17.3 Å². The average Bonchev–Trinajstić information content (AvgIpc) is 3.66. The highest BCUT2D eigenvalue weighted by molar-refractivity contribution is 8.00. The fraction of sp³-hybridized carbons (Fsp3) is 0.167. The van der Waals surface area contributed by atoms with E-state index in [1.807, 2.05) is 49.4 Å². The Morgan fingerprint density at radius 1 is 1.07 bits per heavy atom. The first kappa shape index (κ1) is 28.4. The van der Waals surface area contributed by atoms with Gasteiger partial charge in [-0.15, -0.1) is 10.2 Å². The first-order chi connectivity index (χ1) is 20.3. The molecule has 1 N–H and O–H groups in total. The molecule has 6 rings (SSSR count). The van der Waals surface area contributed by atoms with Crippen molar-refractivity contribution < 1.29 is 14.7 Å². The summed E-state index contributed by atoms with van der Waals surface area (Å²) in [5.41, 5.74) is 4.10. The number of anilines is 1. The van der Waals surface area contributed by atoms with Crippen molar-refractivity contribution in [3.63, 3.8) is 0 Å². The van der Waals surface area contributed by atoms with E-state index in [1.165, 1.54) is 28.0 Å². The highest BCUT2D eigenvalue weighted by Crippen LogP contribution is 2.44. The predicted molar refractivity (Wildman–Crippen MR) is 166 cm³/mol. The van der Waals surface area contributed by atoms with E-state index >= 15 is 0 Å². The summed E-state index contributed by atoms with van der Waals surface area (Å²) >= 11 is 14.9. The number of fused-ring (bicyclic) bond motifs is 1. The van der Waals surface area contributed by atoms with Gasteiger partial charge in [0.2, 0.25) is 5.13 Å². The second-order valence-corrected chi connectivity index (χ2v) is 12.6. The molecule has 0 saturated carbocycles. The van der Waals surface area contributed by atoms with Gasteiger partial charge in [-0.2, -0.15) is 0 Å². The van der Waals surface area contributed by atoms with Gasteiger partial charge >= 0.3 is 5.91 Å². The summed E-state index contributed by atoms with van der Waals surface area (Å²) in [6.07, 6.45) is 2.59. The molecule has 2 aromatic carbocycles. The maximum Gasteiger partial charge on any atom is 0.301 e. The van der Waals surface area contributed by atoms with Crippen LogP contribution >= 0.6 is 46.3 Å². The monoisotopic (exact) mass is 635 g/mol. The lowest BCUT2D eigenvalue weighted by molar-refractivity contribution is -0.132. The van der Waals surface area contributed by atoms with Crippen LogP contribution in [0.2, 0.25) is 10.0 Å². The zero-order valence-electron chi connectivity index (χ0n) is 22.4. The highest BCUT2D eigenvalue weighted by atomic mass is 35.5. The molecule has 3 aromatic heterocycles. The van der Waals surface area contributed by atoms with Crippen molar-refractivity contribution in [2.45, 2.75) is 36.4 Å². The third-order valence-corrected chi connectivity index (χ3v) is 9.74. The number of Topliss-reactive ketones (excluding diaryl/α,β-unsaturated/α-hetero) is 1. The van der Waals surface area contributed by atoms with Gasteiger partial charge in [0.1, 0.15) is 11.3 Å². The third kappa shape index (κ3) is 5.09. The van der Waals surface area contributed by atoms with Crippen molar-refractivity contribution in [3.05, 3.63) is 111 Å². The molecular formula is C30H23Cl2N5O3S2. The Morgan fingerprint density at radius 2 is 1.86 bits per heavy atom. The van der Waals surface area contributed by atoms with E-state index < -0.39 is 17.7 Å². The number of amides is 1. The Morgan fingerprint density at radius 3 is 2.60 bits per heavy atom. The molecule has 1 atom stereocenters. The number of aromatic nitrogens is 4. The summed E-state index contributed by atoms with van der Waals surface area (Å²) in [5.74, 6) is -1.38. The van der Waals surface area contributed by atoms with E-state index in [1.54, 1.807) is 35.7 Å². The van der Waals surface area contributed by atoms with Crippen LogP contribution in [0.4, 0.5) is 5.13 Å². The first-order valence-electron chi connectivity index (χ1n) is 13.0. The summed E-state index contributed by atoms with van der Waals surface area (Å²) in [6, 6.07) is 17.5. The van der Waals surface area contributed by atoms with Gasteiger partial charge in [0, 0.05) is 22.0 Å². The van der Waals surface area contributed by atoms with Gasteiger partial charge in [-0.25, -0.2) is 4.98 Å². The zero-order valence-corrected chi connectivity index (χ0v) is 25.6. The van der Waals surface area contributed by atoms with Gasteiger partial charge in [-0.3, -0.25) is 18.9 Å². The Labute approximate surface area is 259 Å². The molecule has 42 heavy (non-hydrogen) atoms. The molecule has 0 radical (unpaired) electrons. The number of ketones is 1. The average molecular weight is 637 g/mol. The van der Waals surface area contributed by atoms with Crippen LogP contribution in [0.3, 0.4) is 0 Å². The largest absolute Gasteiger partial charge is 0.505 e. The third-order valence-electron chi connectivity index (χ3n) is 7.04. The minimum atomic E-state index is -0.916. The number of rotatable bonds is 7. The Balaban J connectivity index is 1.43. The number of benzene rings is 2. The van der Waals surface area contributed by atoms with Gasteiger partial charge in [-0.1, -0.05) is 89.6 Å². The lowest BCUT2D eigenvalue weighted by Crippen LogP contribution is -2.29. The SMILES string of the molecule is CCc1ccc(C2/C(=C(\O)c3c(C)nc4ccccn34)C(=O)C(=O)N2c2nnc(SCc3ccc(Cl)cc3Cl)s2)cc1. The second kappa shape index (κ2) is 11.5. The predicted octanol–water partition coefficient (Wildman–Crippen LogP) is 7.28. The number of carbonyl (C=O) groups is 2. The molecule has 212 valence electrons. The molecule has 5 aromatic rings. The van der Waals surface area contributed by atoms with Gasteiger partial charge in [0.25, 0.3) is 5.78 Å². The molecule has 1 fully saturated rings. The van der Waals surface area contributed by atoms with Crippen LogP contribution in [0.15, 0.2) is 76.8 Å². The number of carbonyl (C=O) groups excluding carboxylic acids is 2. The van der Waals surface area contributed by atoms with Gasteiger partial charge < -0.3 is 5.11 Å². The maximum atomic E-state index is 13.6. The van der Waals surface area contributed by atoms with E-state index in [4.69, 9.17) is 23.2 Å². The molecule has 1 amide bonds. The molecule has 0 aliphatic carbocycles. The quantitative estimate of drug-likeness (QED) is 0.0659. The lowest BCUT2D eigenvalue weighted by atomic mass is 9.95. The van der Waals surface area contributed by atoms with Crippen LogP contribution in [0.5, 0.6) is 0 Å². The van der Waals surface area contributed by atoms with Crippen LogP contribution < -0.4 is 4.90 Å². The van der Waals surface area contributed by atoms with E-state index in [2.05, 4.69) is 15.2 Å². The normalized spacial score (nSPS) is 16.6. The minimum absolute atomic E-state index is 0.0321. The van der Waals surface area contributed by atoms with Crippen LogP contribution in [-0.2, 0) is 21.8 Å². The van der Waals surface area contributed by atoms with Crippen molar-refractivity contribution >= 4 is 74.5 Å². The van der Waals surface area contributed by atoms with E-state index in [-0.39, 0.29) is 16.5 Å². The Kier molecular flexibility index (Phi) is 7.80. The number of hydrogen-bond donors (Lipinski definition) is 1. The van der Waals surface area contributed by atoms with Gasteiger partial charge in [0.15, 0.2) is 10.1 Å². The topological polar surface area (TPSA) is 101 Å². The number of aliphatic hydroxyl groups excluding tert-OH is 1. The van der Waals surface area contributed by atoms with E-state index in [0.717, 1.165) is 17.5 Å². The molecule has 0 spiro atoms. The molecule has 0 bridgehead atoms. The second-order valence-electron chi connectivity index (χ2n) is 9.61. The number of hydrogen-bond acceptors (Lipinski definition) is 8. The molecule has 12 heteroatoms. The number of halogens is 2.